The molecule has 4 rings (SSSR count). The maximum Gasteiger partial charge on any atom is 0.325 e. The Labute approximate surface area is 148 Å². The lowest BCUT2D eigenvalue weighted by atomic mass is 9.90. The molecule has 1 fully saturated rings. The number of ether oxygens (including phenoxy) is 2. The van der Waals surface area contributed by atoms with Crippen LogP contribution in [0.15, 0.2) is 46.9 Å². The van der Waals surface area contributed by atoms with Crippen molar-refractivity contribution in [1.29, 1.82) is 0 Å². The number of benzene rings is 2. The van der Waals surface area contributed by atoms with Crippen LogP contribution in [0.1, 0.15) is 24.9 Å². The van der Waals surface area contributed by atoms with Crippen LogP contribution in [-0.4, -0.2) is 18.9 Å². The van der Waals surface area contributed by atoms with E-state index >= 15 is 0 Å². The van der Waals surface area contributed by atoms with Gasteiger partial charge in [-0.2, -0.15) is 0 Å². The summed E-state index contributed by atoms with van der Waals surface area (Å²) in [6.45, 7) is 1.94. The number of hydrogen-bond donors (Lipinski definition) is 1. The number of amides is 2. The molecule has 2 aliphatic heterocycles. The number of rotatable bonds is 2. The Morgan fingerprint density at radius 2 is 2.08 bits per heavy atom. The van der Waals surface area contributed by atoms with Crippen LogP contribution >= 0.6 is 15.9 Å². The predicted octanol–water partition coefficient (Wildman–Crippen LogP) is 4.23. The monoisotopic (exact) mass is 388 g/mol. The molecular formula is C18H17BrN2O3. The quantitative estimate of drug-likeness (QED) is 0.837. The Balaban J connectivity index is 1.84. The Morgan fingerprint density at radius 3 is 2.79 bits per heavy atom. The zero-order valence-corrected chi connectivity index (χ0v) is 15.0. The zero-order valence-electron chi connectivity index (χ0n) is 13.4. The Hall–Kier alpha value is -2.21. The molecule has 6 heteroatoms. The van der Waals surface area contributed by atoms with E-state index in [4.69, 9.17) is 9.47 Å². The smallest absolute Gasteiger partial charge is 0.325 e. The minimum absolute atomic E-state index is 0.113. The number of para-hydroxylation sites is 1. The molecule has 2 aromatic carbocycles. The van der Waals surface area contributed by atoms with E-state index in [9.17, 15) is 4.79 Å². The van der Waals surface area contributed by atoms with Crippen molar-refractivity contribution >= 4 is 27.6 Å². The van der Waals surface area contributed by atoms with Crippen LogP contribution in [0.2, 0.25) is 0 Å². The number of hydrogen-bond acceptors (Lipinski definition) is 3. The Bertz CT molecular complexity index is 811. The lowest BCUT2D eigenvalue weighted by Gasteiger charge is -2.50. The summed E-state index contributed by atoms with van der Waals surface area (Å²) >= 11 is 3.49. The number of nitrogens with zero attached hydrogens (tertiary/aromatic N) is 1. The molecule has 1 N–H and O–H groups in total. The summed E-state index contributed by atoms with van der Waals surface area (Å²) < 4.78 is 12.7. The summed E-state index contributed by atoms with van der Waals surface area (Å²) in [7, 11) is 1.62. The number of methoxy groups -OCH3 is 1. The minimum atomic E-state index is -0.775. The van der Waals surface area contributed by atoms with Crippen molar-refractivity contribution in [2.45, 2.75) is 25.1 Å². The van der Waals surface area contributed by atoms with E-state index in [1.54, 1.807) is 12.0 Å². The van der Waals surface area contributed by atoms with Crippen LogP contribution in [0.25, 0.3) is 0 Å². The fourth-order valence-corrected chi connectivity index (χ4v) is 3.97. The Morgan fingerprint density at radius 1 is 1.33 bits per heavy atom. The van der Waals surface area contributed by atoms with Crippen LogP contribution in [0.5, 0.6) is 11.5 Å². The lowest BCUT2D eigenvalue weighted by molar-refractivity contribution is 0.0349. The van der Waals surface area contributed by atoms with E-state index in [0.717, 1.165) is 15.7 Å². The highest BCUT2D eigenvalue weighted by atomic mass is 79.9. The molecule has 0 saturated carbocycles. The van der Waals surface area contributed by atoms with Crippen LogP contribution in [0.4, 0.5) is 10.5 Å². The van der Waals surface area contributed by atoms with E-state index in [1.807, 2.05) is 49.4 Å². The van der Waals surface area contributed by atoms with E-state index in [-0.39, 0.29) is 12.1 Å². The molecule has 0 unspecified atom stereocenters. The first-order valence-electron chi connectivity index (χ1n) is 7.74. The van der Waals surface area contributed by atoms with Crippen molar-refractivity contribution in [2.24, 2.45) is 0 Å². The molecule has 2 aromatic rings. The lowest BCUT2D eigenvalue weighted by Crippen LogP contribution is -2.65. The molecule has 2 aliphatic rings. The molecule has 24 heavy (non-hydrogen) atoms. The van der Waals surface area contributed by atoms with E-state index in [0.29, 0.717) is 17.9 Å². The maximum atomic E-state index is 12.8. The van der Waals surface area contributed by atoms with Gasteiger partial charge in [-0.05, 0) is 31.2 Å². The highest BCUT2D eigenvalue weighted by Gasteiger charge is 2.50. The molecule has 2 atom stereocenters. The van der Waals surface area contributed by atoms with E-state index in [1.165, 1.54) is 0 Å². The van der Waals surface area contributed by atoms with Crippen LogP contribution in [-0.2, 0) is 0 Å². The number of carbonyl (C=O) groups excluding carboxylic acids is 1. The van der Waals surface area contributed by atoms with Gasteiger partial charge < -0.3 is 14.8 Å². The normalized spacial score (nSPS) is 24.7. The number of urea groups is 1. The molecule has 2 amide bonds. The standard InChI is InChI=1S/C18H17BrN2O3/c1-18-10-14(13-8-11(19)9-15(23-2)16(13)24-18)20-17(22)21(18)12-6-4-3-5-7-12/h3-9,14H,10H2,1-2H3,(H,20,22)/t14-,18+/m0/s1. The molecular weight excluding hydrogens is 372 g/mol. The Kier molecular flexibility index (Phi) is 3.46. The van der Waals surface area contributed by atoms with Gasteiger partial charge in [-0.3, -0.25) is 4.90 Å². The number of nitrogens with one attached hydrogen (secondary N) is 1. The molecule has 0 radical (unpaired) electrons. The molecule has 0 aromatic heterocycles. The predicted molar refractivity (Wildman–Crippen MR) is 94.5 cm³/mol. The van der Waals surface area contributed by atoms with Gasteiger partial charge in [-0.1, -0.05) is 34.1 Å². The topological polar surface area (TPSA) is 50.8 Å². The SMILES string of the molecule is COc1cc(Br)cc2c1O[C@]1(C)C[C@@H]2NC(=O)N1c1ccccc1. The molecule has 0 aliphatic carbocycles. The minimum Gasteiger partial charge on any atom is -0.493 e. The average molecular weight is 389 g/mol. The van der Waals surface area contributed by atoms with Gasteiger partial charge >= 0.3 is 6.03 Å². The summed E-state index contributed by atoms with van der Waals surface area (Å²) in [5, 5.41) is 3.09. The zero-order chi connectivity index (χ0) is 16.9. The van der Waals surface area contributed by atoms with Gasteiger partial charge in [0.1, 0.15) is 0 Å². The number of carbonyl (C=O) groups is 1. The van der Waals surface area contributed by atoms with Gasteiger partial charge in [0.2, 0.25) is 0 Å². The summed E-state index contributed by atoms with van der Waals surface area (Å²) in [5.41, 5.74) is 0.956. The number of anilines is 1. The summed E-state index contributed by atoms with van der Waals surface area (Å²) in [6, 6.07) is 13.1. The van der Waals surface area contributed by atoms with Gasteiger partial charge in [0.15, 0.2) is 17.2 Å². The largest absolute Gasteiger partial charge is 0.493 e. The number of halogens is 1. The molecule has 2 heterocycles. The highest BCUT2D eigenvalue weighted by molar-refractivity contribution is 9.10. The first-order valence-corrected chi connectivity index (χ1v) is 8.53. The molecule has 0 spiro atoms. The van der Waals surface area contributed by atoms with Crippen LogP contribution in [0.3, 0.4) is 0 Å². The first kappa shape index (κ1) is 15.3. The molecule has 124 valence electrons. The van der Waals surface area contributed by atoms with E-state index in [2.05, 4.69) is 21.2 Å². The van der Waals surface area contributed by atoms with Gasteiger partial charge in [0.25, 0.3) is 0 Å². The second-order valence-corrected chi connectivity index (χ2v) is 7.10. The third-order valence-electron chi connectivity index (χ3n) is 4.54. The van der Waals surface area contributed by atoms with Crippen molar-refractivity contribution in [1.82, 2.24) is 5.32 Å². The molecule has 2 bridgehead atoms. The van der Waals surface area contributed by atoms with Crippen molar-refractivity contribution in [2.75, 3.05) is 12.0 Å². The summed E-state index contributed by atoms with van der Waals surface area (Å²) in [5.74, 6) is 1.33. The van der Waals surface area contributed by atoms with Gasteiger partial charge in [-0.15, -0.1) is 0 Å². The van der Waals surface area contributed by atoms with Crippen LogP contribution < -0.4 is 19.7 Å². The third kappa shape index (κ3) is 2.24. The summed E-state index contributed by atoms with van der Waals surface area (Å²) in [6.07, 6.45) is 0.653. The number of fused-ring (bicyclic) bond motifs is 4. The van der Waals surface area contributed by atoms with Gasteiger partial charge in [-0.25, -0.2) is 4.79 Å². The van der Waals surface area contributed by atoms with Crippen molar-refractivity contribution in [3.05, 3.63) is 52.5 Å². The fourth-order valence-electron chi connectivity index (χ4n) is 3.52. The van der Waals surface area contributed by atoms with Crippen molar-refractivity contribution in [3.63, 3.8) is 0 Å². The maximum absolute atomic E-state index is 12.8. The van der Waals surface area contributed by atoms with Gasteiger partial charge in [0, 0.05) is 22.1 Å². The average Bonchev–Trinajstić information content (AvgIpc) is 2.55. The second-order valence-electron chi connectivity index (χ2n) is 6.18. The molecule has 5 nitrogen and oxygen atoms in total. The van der Waals surface area contributed by atoms with Gasteiger partial charge in [0.05, 0.1) is 13.2 Å². The van der Waals surface area contributed by atoms with Crippen LogP contribution in [0, 0.1) is 0 Å². The van der Waals surface area contributed by atoms with E-state index < -0.39 is 5.72 Å². The third-order valence-corrected chi connectivity index (χ3v) is 4.99. The summed E-state index contributed by atoms with van der Waals surface area (Å²) in [4.78, 5) is 14.4. The first-order chi connectivity index (χ1) is 11.5. The molecule has 1 saturated heterocycles. The fraction of sp³-hybridized carbons (Fsp3) is 0.278. The second kappa shape index (κ2) is 5.41. The van der Waals surface area contributed by atoms with Crippen molar-refractivity contribution in [3.8, 4) is 11.5 Å². The van der Waals surface area contributed by atoms with Crippen molar-refractivity contribution < 1.29 is 14.3 Å². The highest BCUT2D eigenvalue weighted by Crippen LogP contribution is 2.50.